The van der Waals surface area contributed by atoms with E-state index in [2.05, 4.69) is 37.1 Å². The molecule has 0 saturated carbocycles. The fourth-order valence-corrected chi connectivity index (χ4v) is 3.44. The van der Waals surface area contributed by atoms with E-state index in [1.165, 1.54) is 6.21 Å². The van der Waals surface area contributed by atoms with Crippen LogP contribution in [0.4, 0.5) is 5.69 Å². The smallest absolute Gasteiger partial charge is 0.329 e. The average Bonchev–Trinajstić information content (AvgIpc) is 2.75. The minimum Gasteiger partial charge on any atom is -0.484 e. The first kappa shape index (κ1) is 25.1. The lowest BCUT2D eigenvalue weighted by atomic mass is 10.1. The monoisotopic (exact) mass is 502 g/mol. The normalized spacial score (nSPS) is 10.6. The van der Waals surface area contributed by atoms with Crippen molar-refractivity contribution in [3.8, 4) is 5.75 Å². The molecule has 0 aliphatic carbocycles. The number of benzene rings is 2. The first-order valence-corrected chi connectivity index (χ1v) is 11.0. The van der Waals surface area contributed by atoms with Crippen LogP contribution in [-0.4, -0.2) is 37.1 Å². The third-order valence-electron chi connectivity index (χ3n) is 4.41. The first-order valence-electron chi connectivity index (χ1n) is 10.2. The van der Waals surface area contributed by atoms with Crippen molar-refractivity contribution >= 4 is 45.6 Å². The molecule has 32 heavy (non-hydrogen) atoms. The molecule has 0 spiro atoms. The quantitative estimate of drug-likeness (QED) is 0.211. The van der Waals surface area contributed by atoms with Crippen LogP contribution in [0.2, 0.25) is 0 Å². The number of amides is 3. The zero-order valence-corrected chi connectivity index (χ0v) is 19.9. The molecule has 0 heterocycles. The minimum absolute atomic E-state index is 0.133. The van der Waals surface area contributed by atoms with Crippen LogP contribution in [0.5, 0.6) is 5.75 Å². The van der Waals surface area contributed by atoms with Gasteiger partial charge >= 0.3 is 11.8 Å². The minimum atomic E-state index is -0.820. The maximum absolute atomic E-state index is 12.2. The Morgan fingerprint density at radius 3 is 2.34 bits per heavy atom. The van der Waals surface area contributed by atoms with E-state index in [4.69, 9.17) is 4.74 Å². The number of carbonyl (C=O) groups is 3. The Labute approximate surface area is 195 Å². The van der Waals surface area contributed by atoms with Gasteiger partial charge in [-0.25, -0.2) is 5.43 Å². The summed E-state index contributed by atoms with van der Waals surface area (Å²) in [4.78, 5) is 35.4. The lowest BCUT2D eigenvalue weighted by Crippen LogP contribution is -2.38. The number of hydrazone groups is 1. The van der Waals surface area contributed by atoms with Gasteiger partial charge in [-0.05, 0) is 73.4 Å². The van der Waals surface area contributed by atoms with E-state index in [0.717, 1.165) is 34.1 Å². The molecule has 0 aliphatic heterocycles. The van der Waals surface area contributed by atoms with Crippen molar-refractivity contribution in [2.45, 2.75) is 33.6 Å². The zero-order valence-electron chi connectivity index (χ0n) is 18.3. The van der Waals surface area contributed by atoms with Crippen molar-refractivity contribution in [1.29, 1.82) is 0 Å². The molecule has 0 radical (unpaired) electrons. The van der Waals surface area contributed by atoms with Crippen LogP contribution in [0.3, 0.4) is 0 Å². The highest BCUT2D eigenvalue weighted by atomic mass is 79.9. The second-order valence-electron chi connectivity index (χ2n) is 7.13. The molecule has 170 valence electrons. The summed E-state index contributed by atoms with van der Waals surface area (Å²) in [7, 11) is 0. The second kappa shape index (κ2) is 12.6. The molecule has 3 amide bonds. The molecule has 0 atom stereocenters. The molecule has 9 heteroatoms. The Kier molecular flexibility index (Phi) is 9.87. The summed E-state index contributed by atoms with van der Waals surface area (Å²) in [5.41, 5.74) is 5.56. The summed E-state index contributed by atoms with van der Waals surface area (Å²) < 4.78 is 6.49. The van der Waals surface area contributed by atoms with Crippen molar-refractivity contribution in [3.05, 3.63) is 57.6 Å². The number of rotatable bonds is 9. The van der Waals surface area contributed by atoms with Crippen molar-refractivity contribution in [1.82, 2.24) is 10.7 Å². The maximum Gasteiger partial charge on any atom is 0.329 e. The van der Waals surface area contributed by atoms with Crippen LogP contribution < -0.4 is 20.8 Å². The number of ether oxygens (including phenoxy) is 1. The molecule has 0 unspecified atom stereocenters. The number of aryl methyl sites for hydroxylation is 2. The largest absolute Gasteiger partial charge is 0.484 e. The Morgan fingerprint density at radius 2 is 1.72 bits per heavy atom. The van der Waals surface area contributed by atoms with E-state index in [1.807, 2.05) is 32.9 Å². The Hall–Kier alpha value is -3.20. The fraction of sp³-hybridized carbons (Fsp3) is 0.304. The van der Waals surface area contributed by atoms with Crippen molar-refractivity contribution in [2.75, 3.05) is 18.5 Å². The Bertz CT molecular complexity index is 967. The molecule has 0 bridgehead atoms. The number of carbonyl (C=O) groups excluding carboxylic acids is 3. The lowest BCUT2D eigenvalue weighted by Gasteiger charge is -2.13. The molecule has 8 nitrogen and oxygen atoms in total. The van der Waals surface area contributed by atoms with Gasteiger partial charge in [0.05, 0.1) is 6.21 Å². The van der Waals surface area contributed by atoms with Crippen molar-refractivity contribution < 1.29 is 19.1 Å². The van der Waals surface area contributed by atoms with Crippen LogP contribution in [0.25, 0.3) is 0 Å². The molecule has 2 rings (SSSR count). The van der Waals surface area contributed by atoms with Gasteiger partial charge in [0, 0.05) is 16.7 Å². The zero-order chi connectivity index (χ0) is 23.5. The maximum atomic E-state index is 12.2. The molecule has 3 N–H and O–H groups in total. The summed E-state index contributed by atoms with van der Waals surface area (Å²) >= 11 is 3.44. The van der Waals surface area contributed by atoms with Crippen LogP contribution in [0.1, 0.15) is 36.5 Å². The highest BCUT2D eigenvalue weighted by molar-refractivity contribution is 9.10. The molecular formula is C23H27BrN4O4. The van der Waals surface area contributed by atoms with Gasteiger partial charge < -0.3 is 15.4 Å². The van der Waals surface area contributed by atoms with Crippen molar-refractivity contribution in [2.24, 2.45) is 5.10 Å². The number of halogens is 1. The molecule has 2 aromatic rings. The SMILES string of the molecule is CCCCNC(=O)C(=O)N/N=C\c1ccc(OCC(=O)Nc2c(C)cc(Br)cc2C)cc1. The summed E-state index contributed by atoms with van der Waals surface area (Å²) in [6.45, 7) is 6.17. The number of nitrogens with one attached hydrogen (secondary N) is 3. The number of anilines is 1. The van der Waals surface area contributed by atoms with E-state index in [1.54, 1.807) is 24.3 Å². The van der Waals surface area contributed by atoms with Gasteiger partial charge in [-0.2, -0.15) is 5.10 Å². The van der Waals surface area contributed by atoms with E-state index < -0.39 is 11.8 Å². The van der Waals surface area contributed by atoms with Gasteiger partial charge in [0.1, 0.15) is 5.75 Å². The highest BCUT2D eigenvalue weighted by Crippen LogP contribution is 2.25. The fourth-order valence-electron chi connectivity index (χ4n) is 2.76. The number of hydrogen-bond donors (Lipinski definition) is 3. The van der Waals surface area contributed by atoms with Crippen LogP contribution in [-0.2, 0) is 14.4 Å². The van der Waals surface area contributed by atoms with Gasteiger partial charge in [0.25, 0.3) is 5.91 Å². The van der Waals surface area contributed by atoms with E-state index >= 15 is 0 Å². The Balaban J connectivity index is 1.80. The van der Waals surface area contributed by atoms with Gasteiger partial charge in [-0.15, -0.1) is 0 Å². The summed E-state index contributed by atoms with van der Waals surface area (Å²) in [5, 5.41) is 9.15. The number of unbranched alkanes of at least 4 members (excludes halogenated alkanes) is 1. The third kappa shape index (κ3) is 8.14. The topological polar surface area (TPSA) is 109 Å². The van der Waals surface area contributed by atoms with Gasteiger partial charge in [0.15, 0.2) is 6.61 Å². The van der Waals surface area contributed by atoms with Gasteiger partial charge in [-0.3, -0.25) is 14.4 Å². The van der Waals surface area contributed by atoms with Crippen LogP contribution in [0.15, 0.2) is 46.0 Å². The average molecular weight is 503 g/mol. The predicted molar refractivity (Wildman–Crippen MR) is 128 cm³/mol. The Morgan fingerprint density at radius 1 is 1.06 bits per heavy atom. The second-order valence-corrected chi connectivity index (χ2v) is 8.04. The summed E-state index contributed by atoms with van der Waals surface area (Å²) in [5.74, 6) is -1.28. The van der Waals surface area contributed by atoms with Crippen LogP contribution >= 0.6 is 15.9 Å². The van der Waals surface area contributed by atoms with Gasteiger partial charge in [-0.1, -0.05) is 29.3 Å². The standard InChI is InChI=1S/C23H27BrN4O4/c1-4-5-10-25-22(30)23(31)28-26-13-17-6-8-19(9-7-17)32-14-20(29)27-21-15(2)11-18(24)12-16(21)3/h6-9,11-13H,4-5,10,14H2,1-3H3,(H,25,30)(H,27,29)(H,28,31)/b26-13-. The molecule has 0 aliphatic rings. The molecular weight excluding hydrogens is 476 g/mol. The predicted octanol–water partition coefficient (Wildman–Crippen LogP) is 3.45. The van der Waals surface area contributed by atoms with Gasteiger partial charge in [0.2, 0.25) is 0 Å². The molecule has 0 aromatic heterocycles. The lowest BCUT2D eigenvalue weighted by molar-refractivity contribution is -0.139. The van der Waals surface area contributed by atoms with Crippen molar-refractivity contribution in [3.63, 3.8) is 0 Å². The molecule has 0 fully saturated rings. The summed E-state index contributed by atoms with van der Waals surface area (Å²) in [6.07, 6.45) is 3.14. The van der Waals surface area contributed by atoms with E-state index in [0.29, 0.717) is 17.9 Å². The molecule has 2 aromatic carbocycles. The highest BCUT2D eigenvalue weighted by Gasteiger charge is 2.11. The van der Waals surface area contributed by atoms with Crippen LogP contribution in [0, 0.1) is 13.8 Å². The van der Waals surface area contributed by atoms with E-state index in [9.17, 15) is 14.4 Å². The summed E-state index contributed by atoms with van der Waals surface area (Å²) in [6, 6.07) is 10.7. The molecule has 0 saturated heterocycles. The number of hydrogen-bond acceptors (Lipinski definition) is 5. The first-order chi connectivity index (χ1) is 15.3. The third-order valence-corrected chi connectivity index (χ3v) is 4.87. The van der Waals surface area contributed by atoms with E-state index in [-0.39, 0.29) is 12.5 Å². The number of nitrogens with zero attached hydrogens (tertiary/aromatic N) is 1.